The van der Waals surface area contributed by atoms with E-state index in [9.17, 15) is 4.79 Å². The van der Waals surface area contributed by atoms with Crippen LogP contribution < -0.4 is 4.74 Å². The highest BCUT2D eigenvalue weighted by Crippen LogP contribution is 2.25. The van der Waals surface area contributed by atoms with Crippen LogP contribution in [0.4, 0.5) is 0 Å². The normalized spacial score (nSPS) is 9.87. The summed E-state index contributed by atoms with van der Waals surface area (Å²) in [6.45, 7) is 6.01. The van der Waals surface area contributed by atoms with Crippen molar-refractivity contribution in [2.45, 2.75) is 20.8 Å². The Morgan fingerprint density at radius 3 is 2.53 bits per heavy atom. The molecule has 0 spiro atoms. The molecular formula is C12H16O3. The van der Waals surface area contributed by atoms with Crippen LogP contribution in [0, 0.1) is 13.8 Å². The first-order valence-electron chi connectivity index (χ1n) is 4.92. The van der Waals surface area contributed by atoms with Crippen molar-refractivity contribution in [3.63, 3.8) is 0 Å². The summed E-state index contributed by atoms with van der Waals surface area (Å²) in [4.78, 5) is 11.6. The molecule has 1 rings (SSSR count). The van der Waals surface area contributed by atoms with Crippen molar-refractivity contribution in [1.82, 2.24) is 0 Å². The highest BCUT2D eigenvalue weighted by Gasteiger charge is 2.15. The fourth-order valence-corrected chi connectivity index (χ4v) is 1.59. The maximum atomic E-state index is 11.6. The summed E-state index contributed by atoms with van der Waals surface area (Å²) >= 11 is 0. The Kier molecular flexibility index (Phi) is 3.72. The molecule has 15 heavy (non-hydrogen) atoms. The second-order valence-corrected chi connectivity index (χ2v) is 3.38. The van der Waals surface area contributed by atoms with E-state index in [0.717, 1.165) is 11.1 Å². The number of ether oxygens (including phenoxy) is 2. The predicted octanol–water partition coefficient (Wildman–Crippen LogP) is 2.49. The Morgan fingerprint density at radius 2 is 2.00 bits per heavy atom. The van der Waals surface area contributed by atoms with Crippen molar-refractivity contribution in [3.8, 4) is 5.75 Å². The van der Waals surface area contributed by atoms with E-state index >= 15 is 0 Å². The molecular weight excluding hydrogens is 192 g/mol. The molecule has 82 valence electrons. The molecule has 0 aliphatic rings. The van der Waals surface area contributed by atoms with Gasteiger partial charge in [-0.05, 0) is 38.0 Å². The molecule has 0 aliphatic carbocycles. The van der Waals surface area contributed by atoms with Crippen molar-refractivity contribution >= 4 is 5.97 Å². The fraction of sp³-hybridized carbons (Fsp3) is 0.417. The number of rotatable bonds is 3. The first-order valence-corrected chi connectivity index (χ1v) is 4.92. The first kappa shape index (κ1) is 11.6. The van der Waals surface area contributed by atoms with Gasteiger partial charge in [-0.3, -0.25) is 0 Å². The van der Waals surface area contributed by atoms with E-state index in [1.165, 1.54) is 0 Å². The maximum Gasteiger partial charge on any atom is 0.341 e. The van der Waals surface area contributed by atoms with Crippen LogP contribution >= 0.6 is 0 Å². The zero-order valence-corrected chi connectivity index (χ0v) is 9.59. The van der Waals surface area contributed by atoms with Crippen LogP contribution in [0.1, 0.15) is 28.4 Å². The molecule has 1 aromatic rings. The Balaban J connectivity index is 3.20. The lowest BCUT2D eigenvalue weighted by molar-refractivity contribution is 0.0522. The van der Waals surface area contributed by atoms with Gasteiger partial charge in [-0.25, -0.2) is 4.79 Å². The molecule has 0 radical (unpaired) electrons. The minimum Gasteiger partial charge on any atom is -0.496 e. The Morgan fingerprint density at radius 1 is 1.33 bits per heavy atom. The molecule has 3 nitrogen and oxygen atoms in total. The highest BCUT2D eigenvalue weighted by atomic mass is 16.5. The van der Waals surface area contributed by atoms with E-state index < -0.39 is 0 Å². The summed E-state index contributed by atoms with van der Waals surface area (Å²) in [5.74, 6) is 0.264. The zero-order valence-electron chi connectivity index (χ0n) is 9.59. The number of esters is 1. The van der Waals surface area contributed by atoms with Gasteiger partial charge in [-0.15, -0.1) is 0 Å². The van der Waals surface area contributed by atoms with Gasteiger partial charge in [0.25, 0.3) is 0 Å². The number of aryl methyl sites for hydroxylation is 2. The smallest absolute Gasteiger partial charge is 0.341 e. The Bertz CT molecular complexity index is 369. The van der Waals surface area contributed by atoms with E-state index in [-0.39, 0.29) is 5.97 Å². The summed E-state index contributed by atoms with van der Waals surface area (Å²) in [5.41, 5.74) is 2.47. The van der Waals surface area contributed by atoms with E-state index in [4.69, 9.17) is 9.47 Å². The largest absolute Gasteiger partial charge is 0.496 e. The monoisotopic (exact) mass is 208 g/mol. The number of methoxy groups -OCH3 is 1. The summed E-state index contributed by atoms with van der Waals surface area (Å²) in [5, 5.41) is 0. The molecule has 0 bridgehead atoms. The second kappa shape index (κ2) is 4.82. The summed E-state index contributed by atoms with van der Waals surface area (Å²) in [7, 11) is 1.56. The lowest BCUT2D eigenvalue weighted by atomic mass is 10.1. The lowest BCUT2D eigenvalue weighted by Gasteiger charge is -2.11. The SMILES string of the molecule is CCOC(=O)c1cc(C)cc(C)c1OC. The van der Waals surface area contributed by atoms with Crippen molar-refractivity contribution in [1.29, 1.82) is 0 Å². The first-order chi connectivity index (χ1) is 7.10. The maximum absolute atomic E-state index is 11.6. The van der Waals surface area contributed by atoms with Crippen LogP contribution in [-0.2, 0) is 4.74 Å². The Labute approximate surface area is 90.0 Å². The quantitative estimate of drug-likeness (QED) is 0.716. The van der Waals surface area contributed by atoms with E-state index in [1.54, 1.807) is 20.1 Å². The van der Waals surface area contributed by atoms with Gasteiger partial charge in [-0.1, -0.05) is 6.07 Å². The molecule has 0 unspecified atom stereocenters. The Hall–Kier alpha value is -1.51. The lowest BCUT2D eigenvalue weighted by Crippen LogP contribution is -2.08. The second-order valence-electron chi connectivity index (χ2n) is 3.38. The predicted molar refractivity (Wildman–Crippen MR) is 58.4 cm³/mol. The minimum atomic E-state index is -0.332. The number of hydrogen-bond donors (Lipinski definition) is 0. The van der Waals surface area contributed by atoms with Gasteiger partial charge in [-0.2, -0.15) is 0 Å². The summed E-state index contributed by atoms with van der Waals surface area (Å²) in [6.07, 6.45) is 0. The van der Waals surface area contributed by atoms with Gasteiger partial charge in [0.15, 0.2) is 0 Å². The molecule has 0 atom stereocenters. The van der Waals surface area contributed by atoms with Gasteiger partial charge in [0, 0.05) is 0 Å². The van der Waals surface area contributed by atoms with Gasteiger partial charge in [0.05, 0.1) is 13.7 Å². The van der Waals surface area contributed by atoms with Gasteiger partial charge in [0.2, 0.25) is 0 Å². The average molecular weight is 208 g/mol. The van der Waals surface area contributed by atoms with Gasteiger partial charge >= 0.3 is 5.97 Å². The molecule has 0 amide bonds. The van der Waals surface area contributed by atoms with Crippen molar-refractivity contribution in [3.05, 3.63) is 28.8 Å². The van der Waals surface area contributed by atoms with Crippen LogP contribution in [0.15, 0.2) is 12.1 Å². The van der Waals surface area contributed by atoms with E-state index in [1.807, 2.05) is 19.9 Å². The number of hydrogen-bond acceptors (Lipinski definition) is 3. The van der Waals surface area contributed by atoms with E-state index in [0.29, 0.717) is 17.9 Å². The number of benzene rings is 1. The minimum absolute atomic E-state index is 0.332. The number of carbonyl (C=O) groups excluding carboxylic acids is 1. The standard InChI is InChI=1S/C12H16O3/c1-5-15-12(13)10-7-8(2)6-9(3)11(10)14-4/h6-7H,5H2,1-4H3. The van der Waals surface area contributed by atoms with E-state index in [2.05, 4.69) is 0 Å². The van der Waals surface area contributed by atoms with Crippen LogP contribution in [0.5, 0.6) is 5.75 Å². The highest BCUT2D eigenvalue weighted by molar-refractivity contribution is 5.93. The molecule has 0 N–H and O–H groups in total. The molecule has 0 aromatic heterocycles. The summed E-state index contributed by atoms with van der Waals surface area (Å²) in [6, 6.07) is 3.76. The van der Waals surface area contributed by atoms with Crippen LogP contribution in [-0.4, -0.2) is 19.7 Å². The third-order valence-electron chi connectivity index (χ3n) is 2.12. The summed E-state index contributed by atoms with van der Waals surface area (Å²) < 4.78 is 10.2. The third kappa shape index (κ3) is 2.49. The van der Waals surface area contributed by atoms with Gasteiger partial charge < -0.3 is 9.47 Å². The van der Waals surface area contributed by atoms with Crippen molar-refractivity contribution in [2.75, 3.05) is 13.7 Å². The number of carbonyl (C=O) groups is 1. The molecule has 0 fully saturated rings. The average Bonchev–Trinajstić information content (AvgIpc) is 2.17. The zero-order chi connectivity index (χ0) is 11.4. The van der Waals surface area contributed by atoms with Gasteiger partial charge in [0.1, 0.15) is 11.3 Å². The molecule has 1 aromatic carbocycles. The third-order valence-corrected chi connectivity index (χ3v) is 2.12. The van der Waals surface area contributed by atoms with Crippen LogP contribution in [0.3, 0.4) is 0 Å². The van der Waals surface area contributed by atoms with Crippen molar-refractivity contribution in [2.24, 2.45) is 0 Å². The molecule has 3 heteroatoms. The molecule has 0 aliphatic heterocycles. The molecule has 0 heterocycles. The molecule has 0 saturated carbocycles. The van der Waals surface area contributed by atoms with Crippen LogP contribution in [0.2, 0.25) is 0 Å². The van der Waals surface area contributed by atoms with Crippen LogP contribution in [0.25, 0.3) is 0 Å². The van der Waals surface area contributed by atoms with Crippen molar-refractivity contribution < 1.29 is 14.3 Å². The molecule has 0 saturated heterocycles. The topological polar surface area (TPSA) is 35.5 Å². The fourth-order valence-electron chi connectivity index (χ4n) is 1.59.